The Balaban J connectivity index is 2.13. The molecule has 1 fully saturated rings. The van der Waals surface area contributed by atoms with Crippen LogP contribution in [0.5, 0.6) is 0 Å². The van der Waals surface area contributed by atoms with Gasteiger partial charge in [-0.1, -0.05) is 6.92 Å². The monoisotopic (exact) mass is 129 g/mol. The summed E-state index contributed by atoms with van der Waals surface area (Å²) < 4.78 is 7.77. The van der Waals surface area contributed by atoms with Crippen molar-refractivity contribution < 1.29 is 3.79 Å². The van der Waals surface area contributed by atoms with E-state index >= 15 is 0 Å². The van der Waals surface area contributed by atoms with Crippen molar-refractivity contribution in [3.8, 4) is 0 Å². The Kier molecular flexibility index (Phi) is 2.85. The lowest BCUT2D eigenvalue weighted by atomic mass is 10.4. The summed E-state index contributed by atoms with van der Waals surface area (Å²) in [5, 5.41) is 0. The van der Waals surface area contributed by atoms with Gasteiger partial charge in [0, 0.05) is 6.61 Å². The van der Waals surface area contributed by atoms with E-state index in [2.05, 4.69) is 10.8 Å². The Bertz CT molecular complexity index is 63.4. The highest BCUT2D eigenvalue weighted by Crippen LogP contribution is 1.96. The average molecular weight is 129 g/mol. The number of rotatable bonds is 1. The normalized spacial score (nSPS) is 22.6. The molecule has 2 nitrogen and oxygen atoms in total. The van der Waals surface area contributed by atoms with Crippen LogP contribution in [0.4, 0.5) is 0 Å². The molecule has 0 aliphatic carbocycles. The summed E-state index contributed by atoms with van der Waals surface area (Å²) in [6, 6.07) is 0. The molecule has 1 heterocycles. The molecule has 0 saturated carbocycles. The standard InChI is InChI=1S/C5H11NO.Al.H/c1-2-6-4-3-5-7;;/h2-5H2,1H3;;/q-2;+2;. The van der Waals surface area contributed by atoms with Crippen LogP contribution >= 0.6 is 0 Å². The summed E-state index contributed by atoms with van der Waals surface area (Å²) in [7, 11) is 0. The van der Waals surface area contributed by atoms with Crippen molar-refractivity contribution in [2.45, 2.75) is 13.3 Å². The quantitative estimate of drug-likeness (QED) is 0.462. The van der Waals surface area contributed by atoms with Gasteiger partial charge in [-0.2, -0.15) is 0 Å². The summed E-state index contributed by atoms with van der Waals surface area (Å²) in [4.78, 5) is 0. The molecule has 1 rings (SSSR count). The maximum atomic E-state index is 5.34. The highest BCUT2D eigenvalue weighted by Gasteiger charge is 2.11. The Hall–Kier alpha value is 0.452. The van der Waals surface area contributed by atoms with Crippen LogP contribution in [0.15, 0.2) is 0 Å². The minimum Gasteiger partial charge on any atom is -0.491 e. The molecule has 1 aliphatic rings. The zero-order chi connectivity index (χ0) is 5.82. The van der Waals surface area contributed by atoms with E-state index in [4.69, 9.17) is 3.79 Å². The fourth-order valence-corrected chi connectivity index (χ4v) is 2.02. The van der Waals surface area contributed by atoms with Gasteiger partial charge in [0.1, 0.15) is 0 Å². The molecule has 0 bridgehead atoms. The van der Waals surface area contributed by atoms with Gasteiger partial charge in [0.15, 0.2) is 0 Å². The first-order valence-corrected chi connectivity index (χ1v) is 4.44. The Morgan fingerprint density at radius 3 is 3.00 bits per heavy atom. The van der Waals surface area contributed by atoms with Crippen LogP contribution in [-0.2, 0) is 3.79 Å². The number of hydrogen-bond acceptors (Lipinski definition) is 2. The smallest absolute Gasteiger partial charge is 0.491 e. The van der Waals surface area contributed by atoms with Crippen LogP contribution in [0.1, 0.15) is 13.3 Å². The lowest BCUT2D eigenvalue weighted by Crippen LogP contribution is -2.35. The maximum absolute atomic E-state index is 5.34. The summed E-state index contributed by atoms with van der Waals surface area (Å²) in [6.07, 6.45) is 1.24. The van der Waals surface area contributed by atoms with Crippen LogP contribution < -0.4 is 0 Å². The molecular weight excluding hydrogens is 117 g/mol. The minimum absolute atomic E-state index is 0.244. The number of nitrogens with zero attached hydrogens (tertiary/aromatic N) is 1. The zero-order valence-corrected chi connectivity index (χ0v) is 6.81. The lowest BCUT2D eigenvalue weighted by molar-refractivity contribution is 0.225. The summed E-state index contributed by atoms with van der Waals surface area (Å²) in [5.41, 5.74) is 0. The van der Waals surface area contributed by atoms with Crippen LogP contribution in [0.25, 0.3) is 0 Å². The molecule has 8 heavy (non-hydrogen) atoms. The fraction of sp³-hybridized carbons (Fsp3) is 1.00. The van der Waals surface area contributed by atoms with Crippen LogP contribution in [0, 0.1) is 0 Å². The molecule has 0 N–H and O–H groups in total. The third kappa shape index (κ3) is 1.76. The molecule has 1 saturated heterocycles. The van der Waals surface area contributed by atoms with Crippen molar-refractivity contribution >= 4 is 15.8 Å². The van der Waals surface area contributed by atoms with Crippen molar-refractivity contribution in [3.63, 3.8) is 0 Å². The van der Waals surface area contributed by atoms with Crippen LogP contribution in [0.3, 0.4) is 0 Å². The predicted octanol–water partition coefficient (Wildman–Crippen LogP) is -0.00490. The minimum atomic E-state index is -0.244. The second-order valence-electron chi connectivity index (χ2n) is 2.10. The maximum Gasteiger partial charge on any atom is 0.554 e. The van der Waals surface area contributed by atoms with Gasteiger partial charge >= 0.3 is 15.8 Å². The van der Waals surface area contributed by atoms with Crippen molar-refractivity contribution in [1.82, 2.24) is 3.88 Å². The highest BCUT2D eigenvalue weighted by molar-refractivity contribution is 6.23. The van der Waals surface area contributed by atoms with E-state index in [-0.39, 0.29) is 15.8 Å². The molecule has 0 spiro atoms. The Morgan fingerprint density at radius 2 is 2.62 bits per heavy atom. The first-order valence-electron chi connectivity index (χ1n) is 3.23. The molecule has 0 unspecified atom stereocenters. The lowest BCUT2D eigenvalue weighted by Gasteiger charge is -2.23. The second-order valence-corrected chi connectivity index (χ2v) is 3.66. The van der Waals surface area contributed by atoms with Crippen LogP contribution in [-0.4, -0.2) is 39.4 Å². The molecule has 1 aliphatic heterocycles. The molecule has 0 amide bonds. The van der Waals surface area contributed by atoms with Crippen LogP contribution in [0.2, 0.25) is 0 Å². The third-order valence-corrected chi connectivity index (χ3v) is 3.08. The first-order chi connectivity index (χ1) is 3.93. The molecule has 46 valence electrons. The van der Waals surface area contributed by atoms with Gasteiger partial charge in [-0.05, 0) is 19.5 Å². The van der Waals surface area contributed by atoms with Crippen molar-refractivity contribution in [2.24, 2.45) is 0 Å². The Morgan fingerprint density at radius 1 is 1.75 bits per heavy atom. The summed E-state index contributed by atoms with van der Waals surface area (Å²) in [5.74, 6) is 0. The van der Waals surface area contributed by atoms with Crippen molar-refractivity contribution in [1.29, 1.82) is 0 Å². The molecular formula is C5H12AlNO. The van der Waals surface area contributed by atoms with E-state index in [1.54, 1.807) is 0 Å². The molecule has 0 aromatic heterocycles. The van der Waals surface area contributed by atoms with Gasteiger partial charge in [-0.15, -0.1) is 0 Å². The predicted molar refractivity (Wildman–Crippen MR) is 35.0 cm³/mol. The van der Waals surface area contributed by atoms with E-state index in [0.717, 1.165) is 6.61 Å². The first kappa shape index (κ1) is 6.57. The molecule has 3 heteroatoms. The van der Waals surface area contributed by atoms with E-state index < -0.39 is 0 Å². The Labute approximate surface area is 57.1 Å². The molecule has 0 radical (unpaired) electrons. The molecule has 0 aromatic carbocycles. The molecule has 0 atom stereocenters. The van der Waals surface area contributed by atoms with E-state index in [0.29, 0.717) is 0 Å². The zero-order valence-electron chi connectivity index (χ0n) is 5.39. The average Bonchev–Trinajstić information content (AvgIpc) is 1.90. The highest BCUT2D eigenvalue weighted by atomic mass is 27.1. The topological polar surface area (TPSA) is 12.5 Å². The van der Waals surface area contributed by atoms with Crippen molar-refractivity contribution in [3.05, 3.63) is 0 Å². The van der Waals surface area contributed by atoms with Gasteiger partial charge in [0.2, 0.25) is 0 Å². The van der Waals surface area contributed by atoms with Gasteiger partial charge < -0.3 is 7.67 Å². The molecule has 0 aromatic rings. The number of hydrogen-bond donors (Lipinski definition) is 0. The van der Waals surface area contributed by atoms with Gasteiger partial charge in [-0.25, -0.2) is 0 Å². The van der Waals surface area contributed by atoms with Gasteiger partial charge in [0.25, 0.3) is 0 Å². The van der Waals surface area contributed by atoms with E-state index in [1.807, 2.05) is 0 Å². The largest absolute Gasteiger partial charge is 0.554 e. The fourth-order valence-electron chi connectivity index (χ4n) is 0.898. The van der Waals surface area contributed by atoms with Crippen molar-refractivity contribution in [2.75, 3.05) is 19.7 Å². The second kappa shape index (κ2) is 3.47. The summed E-state index contributed by atoms with van der Waals surface area (Å²) in [6.45, 7) is 5.68. The van der Waals surface area contributed by atoms with E-state index in [1.165, 1.54) is 19.5 Å². The third-order valence-electron chi connectivity index (χ3n) is 1.48. The summed E-state index contributed by atoms with van der Waals surface area (Å²) >= 11 is -0.244. The van der Waals surface area contributed by atoms with E-state index in [9.17, 15) is 0 Å². The van der Waals surface area contributed by atoms with Gasteiger partial charge in [-0.3, -0.25) is 0 Å². The van der Waals surface area contributed by atoms with Gasteiger partial charge in [0.05, 0.1) is 0 Å². The SMILES string of the molecule is CC[N]1CCC[O][AlH]1.